The molecular weight excluding hydrogens is 358 g/mol. The zero-order valence-electron chi connectivity index (χ0n) is 15.0. The first kappa shape index (κ1) is 19.5. The molecule has 2 aromatic carbocycles. The molecule has 26 heavy (non-hydrogen) atoms. The van der Waals surface area contributed by atoms with Crippen LogP contribution in [0, 0.1) is 0 Å². The van der Waals surface area contributed by atoms with Crippen molar-refractivity contribution in [2.75, 3.05) is 33.8 Å². The second-order valence-electron chi connectivity index (χ2n) is 5.09. The smallest absolute Gasteiger partial charge is 0.248 e. The molecule has 1 N–H and O–H groups in total. The summed E-state index contributed by atoms with van der Waals surface area (Å²) in [6.45, 7) is 0. The molecule has 2 aromatic rings. The van der Waals surface area contributed by atoms with E-state index in [2.05, 4.69) is 5.32 Å². The van der Waals surface area contributed by atoms with E-state index in [1.54, 1.807) is 38.5 Å². The van der Waals surface area contributed by atoms with Gasteiger partial charge in [-0.15, -0.1) is 0 Å². The zero-order chi connectivity index (χ0) is 19.1. The summed E-state index contributed by atoms with van der Waals surface area (Å²) in [6, 6.07) is 8.58. The molecule has 6 nitrogen and oxygen atoms in total. The van der Waals surface area contributed by atoms with E-state index in [9.17, 15) is 4.79 Å². The third-order valence-corrected chi connectivity index (χ3v) is 3.87. The van der Waals surface area contributed by atoms with Crippen LogP contribution < -0.4 is 24.3 Å². The van der Waals surface area contributed by atoms with Gasteiger partial charge in [0.2, 0.25) is 5.91 Å². The fourth-order valence-corrected chi connectivity index (χ4v) is 2.57. The van der Waals surface area contributed by atoms with Crippen molar-refractivity contribution >= 4 is 29.3 Å². The summed E-state index contributed by atoms with van der Waals surface area (Å²) in [5.41, 5.74) is 1.16. The largest absolute Gasteiger partial charge is 0.495 e. The number of methoxy groups -OCH3 is 4. The van der Waals surface area contributed by atoms with E-state index >= 15 is 0 Å². The standard InChI is InChI=1S/C19H20ClNO5/c1-23-15-7-5-6-12(19(15)26-4)8-9-18(22)21-14-11-16(24-2)13(20)10-17(14)25-3/h5-11H,1-4H3,(H,21,22)/b9-8+. The average molecular weight is 378 g/mol. The predicted molar refractivity (Wildman–Crippen MR) is 102 cm³/mol. The van der Waals surface area contributed by atoms with Crippen molar-refractivity contribution in [1.82, 2.24) is 0 Å². The van der Waals surface area contributed by atoms with Gasteiger partial charge in [-0.3, -0.25) is 4.79 Å². The predicted octanol–water partition coefficient (Wildman–Crippen LogP) is 4.03. The van der Waals surface area contributed by atoms with Crippen molar-refractivity contribution in [1.29, 1.82) is 0 Å². The molecule has 0 bridgehead atoms. The lowest BCUT2D eigenvalue weighted by Crippen LogP contribution is -2.09. The Morgan fingerprint density at radius 2 is 1.65 bits per heavy atom. The molecule has 0 atom stereocenters. The van der Waals surface area contributed by atoms with Crippen molar-refractivity contribution < 1.29 is 23.7 Å². The highest BCUT2D eigenvalue weighted by Gasteiger charge is 2.12. The second-order valence-corrected chi connectivity index (χ2v) is 5.50. The summed E-state index contributed by atoms with van der Waals surface area (Å²) in [6.07, 6.45) is 3.02. The van der Waals surface area contributed by atoms with Crippen LogP contribution in [0.25, 0.3) is 6.08 Å². The molecular formula is C19H20ClNO5. The molecule has 0 aliphatic rings. The van der Waals surface area contributed by atoms with Gasteiger partial charge in [-0.1, -0.05) is 23.7 Å². The fraction of sp³-hybridized carbons (Fsp3) is 0.211. The number of carbonyl (C=O) groups is 1. The highest BCUT2D eigenvalue weighted by molar-refractivity contribution is 6.32. The Kier molecular flexibility index (Phi) is 6.74. The summed E-state index contributed by atoms with van der Waals surface area (Å²) in [5, 5.41) is 3.13. The van der Waals surface area contributed by atoms with Gasteiger partial charge < -0.3 is 24.3 Å². The van der Waals surface area contributed by atoms with E-state index in [1.807, 2.05) is 12.1 Å². The Balaban J connectivity index is 2.23. The van der Waals surface area contributed by atoms with Crippen molar-refractivity contribution in [3.63, 3.8) is 0 Å². The number of carbonyl (C=O) groups excluding carboxylic acids is 1. The van der Waals surface area contributed by atoms with Crippen molar-refractivity contribution in [3.05, 3.63) is 47.0 Å². The Hall–Kier alpha value is -2.86. The molecule has 0 aliphatic heterocycles. The third kappa shape index (κ3) is 4.40. The quantitative estimate of drug-likeness (QED) is 0.738. The Labute approximate surface area is 157 Å². The topological polar surface area (TPSA) is 66.0 Å². The molecule has 0 saturated heterocycles. The van der Waals surface area contributed by atoms with Crippen LogP contribution in [0.15, 0.2) is 36.4 Å². The maximum Gasteiger partial charge on any atom is 0.248 e. The van der Waals surface area contributed by atoms with Gasteiger partial charge in [0, 0.05) is 23.8 Å². The molecule has 0 heterocycles. The maximum absolute atomic E-state index is 12.3. The number of hydrogen-bond donors (Lipinski definition) is 1. The monoisotopic (exact) mass is 377 g/mol. The third-order valence-electron chi connectivity index (χ3n) is 3.58. The van der Waals surface area contributed by atoms with Crippen LogP contribution in [0.5, 0.6) is 23.0 Å². The number of amides is 1. The Morgan fingerprint density at radius 1 is 0.962 bits per heavy atom. The lowest BCUT2D eigenvalue weighted by atomic mass is 10.1. The fourth-order valence-electron chi connectivity index (χ4n) is 2.34. The number of hydrogen-bond acceptors (Lipinski definition) is 5. The summed E-state index contributed by atoms with van der Waals surface area (Å²) >= 11 is 6.06. The summed E-state index contributed by atoms with van der Waals surface area (Å²) in [5.74, 6) is 1.64. The van der Waals surface area contributed by atoms with Gasteiger partial charge in [0.05, 0.1) is 39.1 Å². The second kappa shape index (κ2) is 9.01. The molecule has 0 aliphatic carbocycles. The van der Waals surface area contributed by atoms with Gasteiger partial charge >= 0.3 is 0 Å². The minimum absolute atomic E-state index is 0.349. The first-order valence-corrected chi connectivity index (χ1v) is 8.03. The summed E-state index contributed by atoms with van der Waals surface area (Å²) in [4.78, 5) is 12.3. The molecule has 2 rings (SSSR count). The number of para-hydroxylation sites is 1. The molecule has 0 aromatic heterocycles. The van der Waals surface area contributed by atoms with Crippen LogP contribution >= 0.6 is 11.6 Å². The van der Waals surface area contributed by atoms with E-state index in [0.717, 1.165) is 0 Å². The van der Waals surface area contributed by atoms with Gasteiger partial charge in [-0.2, -0.15) is 0 Å². The van der Waals surface area contributed by atoms with Crippen LogP contribution in [0.4, 0.5) is 5.69 Å². The van der Waals surface area contributed by atoms with Crippen LogP contribution in [-0.4, -0.2) is 34.3 Å². The molecule has 0 fully saturated rings. The first-order chi connectivity index (χ1) is 12.5. The zero-order valence-corrected chi connectivity index (χ0v) is 15.7. The Bertz CT molecular complexity index is 820. The Morgan fingerprint density at radius 3 is 2.27 bits per heavy atom. The lowest BCUT2D eigenvalue weighted by molar-refractivity contribution is -0.111. The van der Waals surface area contributed by atoms with Gasteiger partial charge in [-0.05, 0) is 12.1 Å². The molecule has 0 unspecified atom stereocenters. The van der Waals surface area contributed by atoms with Crippen LogP contribution in [0.3, 0.4) is 0 Å². The number of benzene rings is 2. The van der Waals surface area contributed by atoms with Gasteiger partial charge in [0.1, 0.15) is 11.5 Å². The number of rotatable bonds is 7. The molecule has 0 saturated carbocycles. The number of nitrogens with one attached hydrogen (secondary N) is 1. The highest BCUT2D eigenvalue weighted by atomic mass is 35.5. The first-order valence-electron chi connectivity index (χ1n) is 7.65. The van der Waals surface area contributed by atoms with Crippen molar-refractivity contribution in [2.45, 2.75) is 0 Å². The van der Waals surface area contributed by atoms with Gasteiger partial charge in [-0.25, -0.2) is 0 Å². The number of ether oxygens (including phenoxy) is 4. The summed E-state index contributed by atoms with van der Waals surface area (Å²) < 4.78 is 21.0. The number of halogens is 1. The van der Waals surface area contributed by atoms with E-state index in [4.69, 9.17) is 30.5 Å². The number of anilines is 1. The molecule has 0 spiro atoms. The summed E-state index contributed by atoms with van der Waals surface area (Å²) in [7, 11) is 6.08. The van der Waals surface area contributed by atoms with Crippen LogP contribution in [0.1, 0.15) is 5.56 Å². The van der Waals surface area contributed by atoms with Gasteiger partial charge in [0.15, 0.2) is 11.5 Å². The van der Waals surface area contributed by atoms with E-state index < -0.39 is 0 Å². The SMILES string of the molecule is COc1cc(NC(=O)/C=C/c2cccc(OC)c2OC)c(OC)cc1Cl. The normalized spacial score (nSPS) is 10.5. The van der Waals surface area contributed by atoms with Crippen molar-refractivity contribution in [3.8, 4) is 23.0 Å². The van der Waals surface area contributed by atoms with Crippen LogP contribution in [0.2, 0.25) is 5.02 Å². The minimum Gasteiger partial charge on any atom is -0.495 e. The molecule has 1 amide bonds. The average Bonchev–Trinajstić information content (AvgIpc) is 2.66. The lowest BCUT2D eigenvalue weighted by Gasteiger charge is -2.12. The molecule has 0 radical (unpaired) electrons. The van der Waals surface area contributed by atoms with Crippen molar-refractivity contribution in [2.24, 2.45) is 0 Å². The highest BCUT2D eigenvalue weighted by Crippen LogP contribution is 2.36. The van der Waals surface area contributed by atoms with Crippen LogP contribution in [-0.2, 0) is 4.79 Å². The van der Waals surface area contributed by atoms with E-state index in [1.165, 1.54) is 20.3 Å². The molecule has 138 valence electrons. The minimum atomic E-state index is -0.349. The van der Waals surface area contributed by atoms with E-state index in [-0.39, 0.29) is 5.91 Å². The maximum atomic E-state index is 12.3. The van der Waals surface area contributed by atoms with E-state index in [0.29, 0.717) is 39.3 Å². The molecule has 7 heteroatoms. The van der Waals surface area contributed by atoms with Gasteiger partial charge in [0.25, 0.3) is 0 Å².